The summed E-state index contributed by atoms with van der Waals surface area (Å²) in [6, 6.07) is 7.62. The number of rotatable bonds is 2. The van der Waals surface area contributed by atoms with E-state index in [2.05, 4.69) is 10.3 Å². The van der Waals surface area contributed by atoms with Gasteiger partial charge in [0.2, 0.25) is 0 Å². The molecule has 4 rings (SSSR count). The lowest BCUT2D eigenvalue weighted by Gasteiger charge is -2.21. The first kappa shape index (κ1) is 16.7. The normalized spacial score (nSPS) is 21.7. The molecule has 1 saturated heterocycles. The van der Waals surface area contributed by atoms with Gasteiger partial charge in [-0.3, -0.25) is 9.59 Å². The van der Waals surface area contributed by atoms with Crippen molar-refractivity contribution in [3.63, 3.8) is 0 Å². The molecule has 8 heteroatoms. The van der Waals surface area contributed by atoms with E-state index in [0.29, 0.717) is 16.3 Å². The van der Waals surface area contributed by atoms with Crippen molar-refractivity contribution >= 4 is 34.8 Å². The maximum absolute atomic E-state index is 13.9. The number of benzene rings is 2. The van der Waals surface area contributed by atoms with Gasteiger partial charge in [0.1, 0.15) is 5.82 Å². The molecule has 0 aromatic heterocycles. The van der Waals surface area contributed by atoms with Gasteiger partial charge < -0.3 is 0 Å². The lowest BCUT2D eigenvalue weighted by molar-refractivity contribution is -0.121. The summed E-state index contributed by atoms with van der Waals surface area (Å²) in [5.41, 5.74) is 2.07. The second kappa shape index (κ2) is 5.88. The number of hydrogen-bond acceptors (Lipinski definition) is 5. The largest absolute Gasteiger partial charge is 0.271 e. The number of carbonyl (C=O) groups is 2. The van der Waals surface area contributed by atoms with Crippen molar-refractivity contribution in [2.24, 2.45) is 10.3 Å². The Bertz CT molecular complexity index is 978. The van der Waals surface area contributed by atoms with Crippen LogP contribution in [0.1, 0.15) is 11.1 Å². The molecule has 2 heterocycles. The van der Waals surface area contributed by atoms with Gasteiger partial charge in [-0.25, -0.2) is 14.3 Å². The van der Waals surface area contributed by atoms with Crippen LogP contribution in [0.2, 0.25) is 5.02 Å². The molecule has 0 unspecified atom stereocenters. The van der Waals surface area contributed by atoms with Gasteiger partial charge in [-0.05, 0) is 49.2 Å². The summed E-state index contributed by atoms with van der Waals surface area (Å²) in [6.07, 6.45) is 0. The van der Waals surface area contributed by atoms with Crippen LogP contribution in [0.25, 0.3) is 0 Å². The summed E-state index contributed by atoms with van der Waals surface area (Å²) in [4.78, 5) is 26.6. The van der Waals surface area contributed by atoms with Crippen LogP contribution in [0, 0.1) is 19.7 Å². The van der Waals surface area contributed by atoms with Crippen molar-refractivity contribution in [1.29, 1.82) is 0 Å². The highest BCUT2D eigenvalue weighted by molar-refractivity contribution is 6.31. The van der Waals surface area contributed by atoms with E-state index < -0.39 is 29.7 Å². The molecule has 26 heavy (non-hydrogen) atoms. The molecule has 0 aliphatic carbocycles. The minimum Gasteiger partial charge on any atom is -0.271 e. The van der Waals surface area contributed by atoms with Crippen LogP contribution < -0.4 is 9.91 Å². The lowest BCUT2D eigenvalue weighted by atomic mass is 10.1. The van der Waals surface area contributed by atoms with Crippen molar-refractivity contribution < 1.29 is 14.0 Å². The fourth-order valence-electron chi connectivity index (χ4n) is 3.07. The molecule has 2 aromatic rings. The van der Waals surface area contributed by atoms with Crippen molar-refractivity contribution in [2.45, 2.75) is 25.9 Å². The van der Waals surface area contributed by atoms with Crippen molar-refractivity contribution in [1.82, 2.24) is 0 Å². The standard InChI is InChI=1S/C18H14ClFN4O2/c1-9-3-6-12(7-13(9)19)24-16-15(21-22-24)17(25)23(18(16)26)11-5-4-10(2)14(20)8-11/h3-8,15-16H,1-2H3/t15-,16+/m1/s1. The Morgan fingerprint density at radius 2 is 1.69 bits per heavy atom. The van der Waals surface area contributed by atoms with Gasteiger partial charge in [-0.15, -0.1) is 0 Å². The second-order valence-electron chi connectivity index (χ2n) is 6.32. The zero-order chi connectivity index (χ0) is 18.6. The number of fused-ring (bicyclic) bond motifs is 1. The zero-order valence-corrected chi connectivity index (χ0v) is 14.7. The number of amides is 2. The third-order valence-electron chi connectivity index (χ3n) is 4.62. The Kier molecular flexibility index (Phi) is 3.77. The highest BCUT2D eigenvalue weighted by atomic mass is 35.5. The van der Waals surface area contributed by atoms with Gasteiger partial charge >= 0.3 is 0 Å². The molecule has 2 aromatic carbocycles. The zero-order valence-electron chi connectivity index (χ0n) is 14.0. The van der Waals surface area contributed by atoms with Crippen LogP contribution in [0.3, 0.4) is 0 Å². The number of aryl methyl sites for hydroxylation is 2. The van der Waals surface area contributed by atoms with Crippen LogP contribution in [0.4, 0.5) is 15.8 Å². The summed E-state index contributed by atoms with van der Waals surface area (Å²) in [6.45, 7) is 3.47. The molecule has 2 atom stereocenters. The maximum Gasteiger partial charge on any atom is 0.263 e. The predicted octanol–water partition coefficient (Wildman–Crippen LogP) is 3.59. The summed E-state index contributed by atoms with van der Waals surface area (Å²) in [7, 11) is 0. The molecular formula is C18H14ClFN4O2. The monoisotopic (exact) mass is 372 g/mol. The maximum atomic E-state index is 13.9. The third-order valence-corrected chi connectivity index (χ3v) is 5.02. The molecule has 2 aliphatic rings. The van der Waals surface area contributed by atoms with Crippen molar-refractivity contribution in [2.75, 3.05) is 9.91 Å². The first-order valence-corrected chi connectivity index (χ1v) is 8.36. The third kappa shape index (κ3) is 2.39. The quantitative estimate of drug-likeness (QED) is 0.756. The van der Waals surface area contributed by atoms with E-state index in [4.69, 9.17) is 11.6 Å². The van der Waals surface area contributed by atoms with E-state index in [1.807, 2.05) is 6.92 Å². The molecule has 2 aliphatic heterocycles. The van der Waals surface area contributed by atoms with E-state index in [0.717, 1.165) is 10.5 Å². The molecule has 1 fully saturated rings. The van der Waals surface area contributed by atoms with Gasteiger partial charge in [0.15, 0.2) is 12.1 Å². The first-order chi connectivity index (χ1) is 12.4. The van der Waals surface area contributed by atoms with Crippen LogP contribution in [-0.2, 0) is 9.59 Å². The van der Waals surface area contributed by atoms with Crippen LogP contribution in [-0.4, -0.2) is 23.9 Å². The molecule has 0 radical (unpaired) electrons. The van der Waals surface area contributed by atoms with Gasteiger partial charge in [0.05, 0.1) is 11.4 Å². The van der Waals surface area contributed by atoms with E-state index in [1.165, 1.54) is 17.1 Å². The topological polar surface area (TPSA) is 65.3 Å². The smallest absolute Gasteiger partial charge is 0.263 e. The minimum atomic E-state index is -0.952. The van der Waals surface area contributed by atoms with E-state index in [9.17, 15) is 14.0 Å². The van der Waals surface area contributed by atoms with Gasteiger partial charge in [-0.1, -0.05) is 29.0 Å². The SMILES string of the molecule is Cc1ccc(N2C(=O)[C@@H]3[C@@H](N=NN3c3ccc(C)c(Cl)c3)C2=O)cc1F. The van der Waals surface area contributed by atoms with Crippen LogP contribution in [0.5, 0.6) is 0 Å². The Morgan fingerprint density at radius 3 is 2.38 bits per heavy atom. The Balaban J connectivity index is 1.71. The summed E-state index contributed by atoms with van der Waals surface area (Å²) in [5, 5.41) is 9.85. The minimum absolute atomic E-state index is 0.189. The summed E-state index contributed by atoms with van der Waals surface area (Å²) >= 11 is 6.15. The average molecular weight is 373 g/mol. The Hall–Kier alpha value is -2.80. The Labute approximate surface area is 153 Å². The highest BCUT2D eigenvalue weighted by Gasteiger charge is 2.55. The molecule has 0 bridgehead atoms. The van der Waals surface area contributed by atoms with Gasteiger partial charge in [0.25, 0.3) is 11.8 Å². The molecule has 6 nitrogen and oxygen atoms in total. The average Bonchev–Trinajstić information content (AvgIpc) is 3.14. The number of halogens is 2. The molecule has 0 saturated carbocycles. The summed E-state index contributed by atoms with van der Waals surface area (Å²) in [5.74, 6) is -1.50. The fraction of sp³-hybridized carbons (Fsp3) is 0.222. The highest BCUT2D eigenvalue weighted by Crippen LogP contribution is 2.36. The molecule has 0 N–H and O–H groups in total. The van der Waals surface area contributed by atoms with E-state index in [-0.39, 0.29) is 5.69 Å². The van der Waals surface area contributed by atoms with E-state index in [1.54, 1.807) is 31.2 Å². The number of anilines is 2. The number of hydrogen-bond donors (Lipinski definition) is 0. The molecule has 132 valence electrons. The Morgan fingerprint density at radius 1 is 1.00 bits per heavy atom. The van der Waals surface area contributed by atoms with Crippen molar-refractivity contribution in [3.05, 3.63) is 58.4 Å². The predicted molar refractivity (Wildman–Crippen MR) is 94.7 cm³/mol. The molecular weight excluding hydrogens is 359 g/mol. The lowest BCUT2D eigenvalue weighted by Crippen LogP contribution is -2.40. The van der Waals surface area contributed by atoms with Crippen LogP contribution in [0.15, 0.2) is 46.7 Å². The van der Waals surface area contributed by atoms with Gasteiger partial charge in [0, 0.05) is 5.02 Å². The summed E-state index contributed by atoms with van der Waals surface area (Å²) < 4.78 is 13.9. The number of nitrogens with zero attached hydrogens (tertiary/aromatic N) is 4. The number of imide groups is 1. The fourth-order valence-corrected chi connectivity index (χ4v) is 3.25. The second-order valence-corrected chi connectivity index (χ2v) is 6.73. The number of carbonyl (C=O) groups excluding carboxylic acids is 2. The van der Waals surface area contributed by atoms with Gasteiger partial charge in [-0.2, -0.15) is 5.11 Å². The molecule has 0 spiro atoms. The van der Waals surface area contributed by atoms with E-state index >= 15 is 0 Å². The molecule has 2 amide bonds. The first-order valence-electron chi connectivity index (χ1n) is 7.98. The van der Waals surface area contributed by atoms with Crippen molar-refractivity contribution in [3.8, 4) is 0 Å². The van der Waals surface area contributed by atoms with Crippen LogP contribution >= 0.6 is 11.6 Å².